The maximum Gasteiger partial charge on any atom is 0.253 e. The van der Waals surface area contributed by atoms with Gasteiger partial charge in [-0.25, -0.2) is 9.97 Å². The van der Waals surface area contributed by atoms with E-state index in [4.69, 9.17) is 9.97 Å². The Kier molecular flexibility index (Phi) is 4.37. The maximum atomic E-state index is 12.9. The second-order valence-electron chi connectivity index (χ2n) is 6.70. The van der Waals surface area contributed by atoms with Crippen LogP contribution < -0.4 is 0 Å². The Morgan fingerprint density at radius 3 is 2.14 bits per heavy atom. The fourth-order valence-corrected chi connectivity index (χ4v) is 4.37. The van der Waals surface area contributed by atoms with Gasteiger partial charge in [0.15, 0.2) is 0 Å². The standard InChI is InChI=1S/C21H19N5OS/c27-21(26-9-11-28-12-10-26)14-5-6-15-18(13-14)25-20(17-4-2-8-23-17)19(24-15)16-3-1-7-22-16/h1-8,13,22-23H,9-12H2. The van der Waals surface area contributed by atoms with Crippen molar-refractivity contribution in [3.8, 4) is 22.8 Å². The van der Waals surface area contributed by atoms with Crippen molar-refractivity contribution in [3.63, 3.8) is 0 Å². The van der Waals surface area contributed by atoms with Gasteiger partial charge in [0.2, 0.25) is 0 Å². The molecule has 0 spiro atoms. The minimum Gasteiger partial charge on any atom is -0.360 e. The van der Waals surface area contributed by atoms with E-state index >= 15 is 0 Å². The van der Waals surface area contributed by atoms with Crippen LogP contribution in [0.5, 0.6) is 0 Å². The van der Waals surface area contributed by atoms with Crippen LogP contribution in [-0.4, -0.2) is 55.3 Å². The Morgan fingerprint density at radius 1 is 0.893 bits per heavy atom. The Labute approximate surface area is 166 Å². The van der Waals surface area contributed by atoms with Crippen LogP contribution in [0.25, 0.3) is 33.8 Å². The van der Waals surface area contributed by atoms with Crippen LogP contribution in [0.4, 0.5) is 0 Å². The summed E-state index contributed by atoms with van der Waals surface area (Å²) in [7, 11) is 0. The molecule has 0 radical (unpaired) electrons. The number of thioether (sulfide) groups is 1. The summed E-state index contributed by atoms with van der Waals surface area (Å²) in [6.45, 7) is 1.60. The fourth-order valence-electron chi connectivity index (χ4n) is 3.47. The summed E-state index contributed by atoms with van der Waals surface area (Å²) in [5.41, 5.74) is 5.50. The van der Waals surface area contributed by atoms with Crippen molar-refractivity contribution in [3.05, 3.63) is 60.4 Å². The number of fused-ring (bicyclic) bond motifs is 1. The first-order chi connectivity index (χ1) is 13.8. The van der Waals surface area contributed by atoms with Crippen LogP contribution >= 0.6 is 11.8 Å². The van der Waals surface area contributed by atoms with Crippen molar-refractivity contribution >= 4 is 28.7 Å². The van der Waals surface area contributed by atoms with Crippen molar-refractivity contribution < 1.29 is 4.79 Å². The zero-order valence-electron chi connectivity index (χ0n) is 15.2. The number of nitrogens with zero attached hydrogens (tertiary/aromatic N) is 3. The Balaban J connectivity index is 1.61. The highest BCUT2D eigenvalue weighted by Gasteiger charge is 2.20. The monoisotopic (exact) mass is 389 g/mol. The van der Waals surface area contributed by atoms with Gasteiger partial charge in [-0.05, 0) is 42.5 Å². The summed E-state index contributed by atoms with van der Waals surface area (Å²) in [4.78, 5) is 30.9. The predicted molar refractivity (Wildman–Crippen MR) is 112 cm³/mol. The van der Waals surface area contributed by atoms with Gasteiger partial charge >= 0.3 is 0 Å². The van der Waals surface area contributed by atoms with Crippen molar-refractivity contribution in [2.45, 2.75) is 0 Å². The second-order valence-corrected chi connectivity index (χ2v) is 7.92. The third-order valence-corrected chi connectivity index (χ3v) is 5.86. The first kappa shape index (κ1) is 17.1. The zero-order valence-corrected chi connectivity index (χ0v) is 16.0. The lowest BCUT2D eigenvalue weighted by Crippen LogP contribution is -2.37. The number of aromatic nitrogens is 4. The number of rotatable bonds is 3. The second kappa shape index (κ2) is 7.16. The molecule has 28 heavy (non-hydrogen) atoms. The molecule has 5 rings (SSSR count). The summed E-state index contributed by atoms with van der Waals surface area (Å²) >= 11 is 1.89. The highest BCUT2D eigenvalue weighted by atomic mass is 32.2. The molecule has 1 fully saturated rings. The van der Waals surface area contributed by atoms with Crippen LogP contribution in [0.3, 0.4) is 0 Å². The minimum atomic E-state index is 0.0684. The molecule has 4 aromatic rings. The molecule has 6 nitrogen and oxygen atoms in total. The lowest BCUT2D eigenvalue weighted by atomic mass is 10.1. The summed E-state index contributed by atoms with van der Waals surface area (Å²) in [6.07, 6.45) is 3.74. The number of carbonyl (C=O) groups is 1. The van der Waals surface area contributed by atoms with Crippen LogP contribution in [0.15, 0.2) is 54.9 Å². The van der Waals surface area contributed by atoms with Crippen LogP contribution in [0.2, 0.25) is 0 Å². The van der Waals surface area contributed by atoms with Crippen LogP contribution in [0.1, 0.15) is 10.4 Å². The Morgan fingerprint density at radius 2 is 1.54 bits per heavy atom. The number of H-pyrrole nitrogens is 2. The van der Waals surface area contributed by atoms with Crippen LogP contribution in [0, 0.1) is 0 Å². The number of carbonyl (C=O) groups excluding carboxylic acids is 1. The summed E-state index contributed by atoms with van der Waals surface area (Å²) < 4.78 is 0. The molecule has 0 atom stereocenters. The summed E-state index contributed by atoms with van der Waals surface area (Å²) in [5.74, 6) is 2.06. The zero-order chi connectivity index (χ0) is 18.9. The van der Waals surface area contributed by atoms with Crippen molar-refractivity contribution in [2.24, 2.45) is 0 Å². The minimum absolute atomic E-state index is 0.0684. The van der Waals surface area contributed by atoms with Gasteiger partial charge in [0.25, 0.3) is 5.91 Å². The Bertz CT molecular complexity index is 1120. The van der Waals surface area contributed by atoms with Crippen LogP contribution in [-0.2, 0) is 0 Å². The largest absolute Gasteiger partial charge is 0.360 e. The molecular formula is C21H19N5OS. The highest BCUT2D eigenvalue weighted by molar-refractivity contribution is 7.99. The van der Waals surface area contributed by atoms with E-state index in [2.05, 4.69) is 9.97 Å². The maximum absolute atomic E-state index is 12.9. The number of amides is 1. The molecule has 3 aromatic heterocycles. The van der Waals surface area contributed by atoms with Gasteiger partial charge in [0.1, 0.15) is 11.4 Å². The van der Waals surface area contributed by atoms with E-state index in [0.29, 0.717) is 5.56 Å². The third kappa shape index (κ3) is 3.07. The molecule has 1 saturated heterocycles. The topological polar surface area (TPSA) is 77.7 Å². The molecule has 1 amide bonds. The molecule has 0 bridgehead atoms. The molecule has 1 aliphatic heterocycles. The van der Waals surface area contributed by atoms with E-state index in [0.717, 1.165) is 58.4 Å². The van der Waals surface area contributed by atoms with Gasteiger partial charge < -0.3 is 14.9 Å². The van der Waals surface area contributed by atoms with E-state index < -0.39 is 0 Å². The van der Waals surface area contributed by atoms with Gasteiger partial charge in [-0.15, -0.1) is 0 Å². The molecule has 0 aliphatic carbocycles. The number of benzene rings is 1. The van der Waals surface area contributed by atoms with E-state index in [-0.39, 0.29) is 5.91 Å². The normalized spacial score (nSPS) is 14.5. The van der Waals surface area contributed by atoms with Gasteiger partial charge in [-0.2, -0.15) is 11.8 Å². The Hall–Kier alpha value is -3.06. The number of hydrogen-bond acceptors (Lipinski definition) is 4. The molecule has 2 N–H and O–H groups in total. The smallest absolute Gasteiger partial charge is 0.253 e. The highest BCUT2D eigenvalue weighted by Crippen LogP contribution is 2.29. The summed E-state index contributed by atoms with van der Waals surface area (Å²) in [5, 5.41) is 0. The predicted octanol–water partition coefficient (Wildman–Crippen LogP) is 3.81. The first-order valence-electron chi connectivity index (χ1n) is 9.26. The van der Waals surface area contributed by atoms with E-state index in [1.54, 1.807) is 0 Å². The van der Waals surface area contributed by atoms with E-state index in [1.165, 1.54) is 0 Å². The molecule has 1 aliphatic rings. The molecule has 4 heterocycles. The van der Waals surface area contributed by atoms with Gasteiger partial charge in [-0.1, -0.05) is 0 Å². The van der Waals surface area contributed by atoms with Gasteiger partial charge in [-0.3, -0.25) is 4.79 Å². The molecule has 7 heteroatoms. The number of nitrogens with one attached hydrogen (secondary N) is 2. The average molecular weight is 389 g/mol. The molecule has 1 aromatic carbocycles. The van der Waals surface area contributed by atoms with Crippen molar-refractivity contribution in [1.82, 2.24) is 24.8 Å². The third-order valence-electron chi connectivity index (χ3n) is 4.92. The average Bonchev–Trinajstić information content (AvgIpc) is 3.46. The number of aromatic amines is 2. The first-order valence-corrected chi connectivity index (χ1v) is 10.4. The van der Waals surface area contributed by atoms with Gasteiger partial charge in [0.05, 0.1) is 22.4 Å². The van der Waals surface area contributed by atoms with E-state index in [1.807, 2.05) is 71.5 Å². The molecule has 140 valence electrons. The molecular weight excluding hydrogens is 370 g/mol. The molecule has 0 unspecified atom stereocenters. The van der Waals surface area contributed by atoms with Crippen molar-refractivity contribution in [1.29, 1.82) is 0 Å². The number of hydrogen-bond donors (Lipinski definition) is 2. The van der Waals surface area contributed by atoms with Gasteiger partial charge in [0, 0.05) is 42.6 Å². The quantitative estimate of drug-likeness (QED) is 0.559. The molecule has 0 saturated carbocycles. The summed E-state index contributed by atoms with van der Waals surface area (Å²) in [6, 6.07) is 13.4. The van der Waals surface area contributed by atoms with Crippen molar-refractivity contribution in [2.75, 3.05) is 24.6 Å². The van der Waals surface area contributed by atoms with E-state index in [9.17, 15) is 4.79 Å². The lowest BCUT2D eigenvalue weighted by molar-refractivity contribution is 0.0772. The SMILES string of the molecule is O=C(c1ccc2nc(-c3ccc[nH]3)c(-c3ccc[nH]3)nc2c1)N1CCSCC1. The fraction of sp³-hybridized carbons (Fsp3) is 0.190. The lowest BCUT2D eigenvalue weighted by Gasteiger charge is -2.26.